The van der Waals surface area contributed by atoms with E-state index in [-0.39, 0.29) is 0 Å². The Morgan fingerprint density at radius 3 is 2.71 bits per heavy atom. The van der Waals surface area contributed by atoms with Crippen molar-refractivity contribution in [1.29, 1.82) is 0 Å². The SMILES string of the molecule is c1ccc(CCCNCc2ccncn2)cc1. The number of rotatable bonds is 6. The molecular formula is C14H17N3. The van der Waals surface area contributed by atoms with Gasteiger partial charge < -0.3 is 5.32 Å². The minimum Gasteiger partial charge on any atom is -0.311 e. The monoisotopic (exact) mass is 227 g/mol. The summed E-state index contributed by atoms with van der Waals surface area (Å²) in [5.41, 5.74) is 2.44. The molecule has 0 saturated carbocycles. The summed E-state index contributed by atoms with van der Waals surface area (Å²) in [5.74, 6) is 0. The Labute approximate surface area is 102 Å². The number of aryl methyl sites for hydroxylation is 1. The second-order valence-corrected chi connectivity index (χ2v) is 3.97. The standard InChI is InChI=1S/C14H17N3/c1-2-5-13(6-3-1)7-4-9-15-11-14-8-10-16-12-17-14/h1-3,5-6,8,10,12,15H,4,7,9,11H2. The van der Waals surface area contributed by atoms with Gasteiger partial charge in [0.2, 0.25) is 0 Å². The average molecular weight is 227 g/mol. The van der Waals surface area contributed by atoms with E-state index in [1.807, 2.05) is 6.07 Å². The van der Waals surface area contributed by atoms with Gasteiger partial charge in [-0.15, -0.1) is 0 Å². The highest BCUT2D eigenvalue weighted by Crippen LogP contribution is 2.01. The van der Waals surface area contributed by atoms with E-state index in [1.54, 1.807) is 12.5 Å². The lowest BCUT2D eigenvalue weighted by Gasteiger charge is -2.04. The van der Waals surface area contributed by atoms with Gasteiger partial charge in [-0.2, -0.15) is 0 Å². The highest BCUT2D eigenvalue weighted by atomic mass is 14.9. The molecule has 0 amide bonds. The number of nitrogens with one attached hydrogen (secondary N) is 1. The number of hydrogen-bond acceptors (Lipinski definition) is 3. The molecule has 0 saturated heterocycles. The molecule has 2 rings (SSSR count). The summed E-state index contributed by atoms with van der Waals surface area (Å²) in [7, 11) is 0. The van der Waals surface area contributed by atoms with Crippen molar-refractivity contribution in [3.05, 3.63) is 60.2 Å². The topological polar surface area (TPSA) is 37.8 Å². The van der Waals surface area contributed by atoms with E-state index in [2.05, 4.69) is 45.6 Å². The van der Waals surface area contributed by atoms with Gasteiger partial charge in [-0.3, -0.25) is 0 Å². The normalized spacial score (nSPS) is 10.4. The third-order valence-corrected chi connectivity index (χ3v) is 2.61. The van der Waals surface area contributed by atoms with E-state index >= 15 is 0 Å². The summed E-state index contributed by atoms with van der Waals surface area (Å²) in [6, 6.07) is 12.5. The summed E-state index contributed by atoms with van der Waals surface area (Å²) in [4.78, 5) is 8.05. The molecule has 1 heterocycles. The van der Waals surface area contributed by atoms with Gasteiger partial charge >= 0.3 is 0 Å². The Morgan fingerprint density at radius 2 is 1.94 bits per heavy atom. The van der Waals surface area contributed by atoms with E-state index in [4.69, 9.17) is 0 Å². The van der Waals surface area contributed by atoms with Gasteiger partial charge in [-0.1, -0.05) is 30.3 Å². The fraction of sp³-hybridized carbons (Fsp3) is 0.286. The highest BCUT2D eigenvalue weighted by molar-refractivity contribution is 5.14. The molecule has 0 atom stereocenters. The van der Waals surface area contributed by atoms with Crippen LogP contribution in [-0.2, 0) is 13.0 Å². The van der Waals surface area contributed by atoms with E-state index in [1.165, 1.54) is 5.56 Å². The minimum atomic E-state index is 0.817. The van der Waals surface area contributed by atoms with Crippen LogP contribution in [0.15, 0.2) is 48.9 Å². The van der Waals surface area contributed by atoms with Crippen molar-refractivity contribution in [2.75, 3.05) is 6.54 Å². The van der Waals surface area contributed by atoms with Crippen LogP contribution in [0, 0.1) is 0 Å². The molecule has 2 aromatic rings. The molecule has 0 aliphatic heterocycles. The van der Waals surface area contributed by atoms with Crippen molar-refractivity contribution in [3.63, 3.8) is 0 Å². The smallest absolute Gasteiger partial charge is 0.115 e. The number of benzene rings is 1. The minimum absolute atomic E-state index is 0.817. The predicted octanol–water partition coefficient (Wildman–Crippen LogP) is 2.20. The van der Waals surface area contributed by atoms with Crippen LogP contribution in [0.4, 0.5) is 0 Å². The molecule has 0 fully saturated rings. The first-order valence-electron chi connectivity index (χ1n) is 5.95. The quantitative estimate of drug-likeness (QED) is 0.769. The fourth-order valence-electron chi connectivity index (χ4n) is 1.70. The van der Waals surface area contributed by atoms with E-state index < -0.39 is 0 Å². The van der Waals surface area contributed by atoms with Crippen LogP contribution in [0.25, 0.3) is 0 Å². The molecule has 1 aromatic heterocycles. The van der Waals surface area contributed by atoms with Gasteiger partial charge in [0, 0.05) is 12.7 Å². The molecule has 0 radical (unpaired) electrons. The lowest BCUT2D eigenvalue weighted by Crippen LogP contribution is -2.16. The van der Waals surface area contributed by atoms with Crippen LogP contribution in [0.3, 0.4) is 0 Å². The zero-order valence-corrected chi connectivity index (χ0v) is 9.84. The Morgan fingerprint density at radius 1 is 1.06 bits per heavy atom. The van der Waals surface area contributed by atoms with Crippen LogP contribution >= 0.6 is 0 Å². The zero-order chi connectivity index (χ0) is 11.8. The van der Waals surface area contributed by atoms with Crippen LogP contribution in [0.1, 0.15) is 17.7 Å². The van der Waals surface area contributed by atoms with E-state index in [9.17, 15) is 0 Å². The molecule has 0 aliphatic carbocycles. The first kappa shape index (κ1) is 11.7. The molecule has 1 aromatic carbocycles. The Balaban J connectivity index is 1.61. The lowest BCUT2D eigenvalue weighted by atomic mass is 10.1. The molecule has 17 heavy (non-hydrogen) atoms. The molecule has 0 aliphatic rings. The maximum atomic E-state index is 4.16. The fourth-order valence-corrected chi connectivity index (χ4v) is 1.70. The number of hydrogen-bond donors (Lipinski definition) is 1. The molecule has 1 N–H and O–H groups in total. The molecule has 0 bridgehead atoms. The summed E-state index contributed by atoms with van der Waals surface area (Å²) in [6.45, 7) is 1.83. The van der Waals surface area contributed by atoms with Crippen LogP contribution < -0.4 is 5.32 Å². The Bertz CT molecular complexity index is 372. The largest absolute Gasteiger partial charge is 0.311 e. The number of aromatic nitrogens is 2. The Kier molecular flexibility index (Phi) is 4.67. The van der Waals surface area contributed by atoms with Gasteiger partial charge in [0.1, 0.15) is 6.33 Å². The first-order valence-corrected chi connectivity index (χ1v) is 5.95. The van der Waals surface area contributed by atoms with Crippen molar-refractivity contribution in [2.45, 2.75) is 19.4 Å². The second-order valence-electron chi connectivity index (χ2n) is 3.97. The van der Waals surface area contributed by atoms with Gasteiger partial charge in [0.25, 0.3) is 0 Å². The predicted molar refractivity (Wildman–Crippen MR) is 68.5 cm³/mol. The van der Waals surface area contributed by atoms with E-state index in [0.29, 0.717) is 0 Å². The molecule has 0 spiro atoms. The summed E-state index contributed by atoms with van der Waals surface area (Å²) >= 11 is 0. The molecule has 88 valence electrons. The summed E-state index contributed by atoms with van der Waals surface area (Å²) < 4.78 is 0. The maximum Gasteiger partial charge on any atom is 0.115 e. The second kappa shape index (κ2) is 6.76. The molecular weight excluding hydrogens is 210 g/mol. The molecule has 3 nitrogen and oxygen atoms in total. The van der Waals surface area contributed by atoms with Gasteiger partial charge in [0.05, 0.1) is 5.69 Å². The van der Waals surface area contributed by atoms with Crippen molar-refractivity contribution in [3.8, 4) is 0 Å². The first-order chi connectivity index (χ1) is 8.45. The van der Waals surface area contributed by atoms with Crippen LogP contribution in [-0.4, -0.2) is 16.5 Å². The van der Waals surface area contributed by atoms with Crippen molar-refractivity contribution >= 4 is 0 Å². The summed E-state index contributed by atoms with van der Waals surface area (Å²) in [6.07, 6.45) is 5.63. The van der Waals surface area contributed by atoms with Crippen molar-refractivity contribution < 1.29 is 0 Å². The summed E-state index contributed by atoms with van der Waals surface area (Å²) in [5, 5.41) is 3.38. The molecule has 3 heteroatoms. The van der Waals surface area contributed by atoms with Gasteiger partial charge in [-0.25, -0.2) is 9.97 Å². The third kappa shape index (κ3) is 4.33. The highest BCUT2D eigenvalue weighted by Gasteiger charge is 1.94. The average Bonchev–Trinajstić information content (AvgIpc) is 2.41. The van der Waals surface area contributed by atoms with Crippen molar-refractivity contribution in [2.24, 2.45) is 0 Å². The Hall–Kier alpha value is -1.74. The van der Waals surface area contributed by atoms with Crippen LogP contribution in [0.2, 0.25) is 0 Å². The lowest BCUT2D eigenvalue weighted by molar-refractivity contribution is 0.639. The number of nitrogens with zero attached hydrogens (tertiary/aromatic N) is 2. The zero-order valence-electron chi connectivity index (χ0n) is 9.84. The van der Waals surface area contributed by atoms with Gasteiger partial charge in [0.15, 0.2) is 0 Å². The van der Waals surface area contributed by atoms with Gasteiger partial charge in [-0.05, 0) is 31.0 Å². The third-order valence-electron chi connectivity index (χ3n) is 2.61. The van der Waals surface area contributed by atoms with E-state index in [0.717, 1.165) is 31.6 Å². The molecule has 0 unspecified atom stereocenters. The maximum absolute atomic E-state index is 4.16. The van der Waals surface area contributed by atoms with Crippen molar-refractivity contribution in [1.82, 2.24) is 15.3 Å². The van der Waals surface area contributed by atoms with Crippen LogP contribution in [0.5, 0.6) is 0 Å².